The van der Waals surface area contributed by atoms with Crippen molar-refractivity contribution in [1.29, 1.82) is 0 Å². The van der Waals surface area contributed by atoms with Gasteiger partial charge in [0.15, 0.2) is 0 Å². The summed E-state index contributed by atoms with van der Waals surface area (Å²) in [5.41, 5.74) is 2.18. The minimum absolute atomic E-state index is 0.0413. The van der Waals surface area contributed by atoms with Crippen LogP contribution in [0.3, 0.4) is 0 Å². The maximum absolute atomic E-state index is 12.8. The van der Waals surface area contributed by atoms with E-state index in [1.54, 1.807) is 0 Å². The fraction of sp³-hybridized carbons (Fsp3) is 0.667. The Kier molecular flexibility index (Phi) is 5.10. The predicted molar refractivity (Wildman–Crippen MR) is 105 cm³/mol. The number of hydrogen-bond acceptors (Lipinski definition) is 3. The summed E-state index contributed by atoms with van der Waals surface area (Å²) in [7, 11) is 0. The average molecular weight is 359 g/mol. The maximum Gasteiger partial charge on any atom is 0.254 e. The van der Waals surface area contributed by atoms with Gasteiger partial charge in [-0.2, -0.15) is 11.8 Å². The fourth-order valence-corrected chi connectivity index (χ4v) is 6.30. The van der Waals surface area contributed by atoms with Gasteiger partial charge < -0.3 is 9.80 Å². The maximum atomic E-state index is 12.8. The van der Waals surface area contributed by atoms with Gasteiger partial charge in [0, 0.05) is 25.2 Å². The van der Waals surface area contributed by atoms with Crippen molar-refractivity contribution >= 4 is 17.7 Å². The molecule has 0 radical (unpaired) electrons. The summed E-state index contributed by atoms with van der Waals surface area (Å²) in [5.74, 6) is 3.90. The second-order valence-corrected chi connectivity index (χ2v) is 9.04. The number of hydrogen-bond donors (Lipinski definition) is 0. The Hall–Kier alpha value is -1.00. The molecule has 0 atom stereocenters. The van der Waals surface area contributed by atoms with Gasteiger partial charge in [-0.05, 0) is 74.6 Å². The molecule has 4 heteroatoms. The molecule has 3 nitrogen and oxygen atoms in total. The zero-order valence-corrected chi connectivity index (χ0v) is 16.2. The molecule has 0 unspecified atom stereocenters. The molecular weight excluding hydrogens is 328 g/mol. The number of fused-ring (bicyclic) bond motifs is 2. The number of rotatable bonds is 4. The number of carbonyl (C=O) groups is 1. The van der Waals surface area contributed by atoms with Gasteiger partial charge in [-0.1, -0.05) is 18.2 Å². The van der Waals surface area contributed by atoms with Crippen LogP contribution in [0.25, 0.3) is 0 Å². The lowest BCUT2D eigenvalue weighted by Gasteiger charge is -2.45. The number of likely N-dealkylation sites (tertiary alicyclic amines) is 1. The predicted octanol–water partition coefficient (Wildman–Crippen LogP) is 3.99. The van der Waals surface area contributed by atoms with Crippen molar-refractivity contribution in [3.05, 3.63) is 35.4 Å². The standard InChI is InChI=1S/C21H30N2OS/c1-2-23-20(24)18-5-3-4-6-19(18)21(23)10-13-22(14-11-21)12-7-17-8-15-25-16-9-17/h3-6,17H,2,7-16H2,1H3. The highest BCUT2D eigenvalue weighted by Crippen LogP contribution is 2.46. The molecule has 3 heterocycles. The van der Waals surface area contributed by atoms with Crippen LogP contribution in [-0.4, -0.2) is 53.4 Å². The molecule has 1 aromatic carbocycles. The van der Waals surface area contributed by atoms with Gasteiger partial charge in [0.25, 0.3) is 5.91 Å². The number of amides is 1. The van der Waals surface area contributed by atoms with E-state index >= 15 is 0 Å². The van der Waals surface area contributed by atoms with Crippen LogP contribution in [0.4, 0.5) is 0 Å². The SMILES string of the molecule is CCN1C(=O)c2ccccc2C12CCN(CCC1CCSCC1)CC2. The van der Waals surface area contributed by atoms with E-state index in [-0.39, 0.29) is 11.4 Å². The molecule has 3 aliphatic rings. The first-order valence-corrected chi connectivity index (χ1v) is 11.1. The highest BCUT2D eigenvalue weighted by Gasteiger charge is 2.49. The third-order valence-corrected chi connectivity index (χ3v) is 7.66. The van der Waals surface area contributed by atoms with E-state index in [1.165, 1.54) is 42.9 Å². The van der Waals surface area contributed by atoms with Crippen LogP contribution in [0.5, 0.6) is 0 Å². The lowest BCUT2D eigenvalue weighted by atomic mass is 9.80. The molecule has 2 fully saturated rings. The molecule has 0 aliphatic carbocycles. The van der Waals surface area contributed by atoms with Crippen LogP contribution in [0, 0.1) is 5.92 Å². The summed E-state index contributed by atoms with van der Waals surface area (Å²) in [6, 6.07) is 8.31. The van der Waals surface area contributed by atoms with Crippen molar-refractivity contribution in [3.8, 4) is 0 Å². The molecule has 1 amide bonds. The topological polar surface area (TPSA) is 23.6 Å². The molecule has 0 N–H and O–H groups in total. The Bertz CT molecular complexity index is 618. The lowest BCUT2D eigenvalue weighted by Crippen LogP contribution is -2.51. The molecule has 4 rings (SSSR count). The zero-order valence-electron chi connectivity index (χ0n) is 15.4. The van der Waals surface area contributed by atoms with E-state index in [0.717, 1.165) is 44.0 Å². The Balaban J connectivity index is 1.42. The van der Waals surface area contributed by atoms with Gasteiger partial charge in [-0.3, -0.25) is 4.79 Å². The van der Waals surface area contributed by atoms with E-state index < -0.39 is 0 Å². The molecule has 0 bridgehead atoms. The van der Waals surface area contributed by atoms with Crippen LogP contribution < -0.4 is 0 Å². The third kappa shape index (κ3) is 3.12. The Morgan fingerprint density at radius 3 is 2.60 bits per heavy atom. The molecule has 0 saturated carbocycles. The molecular formula is C21H30N2OS. The number of benzene rings is 1. The summed E-state index contributed by atoms with van der Waals surface area (Å²) in [6.07, 6.45) is 6.36. The first-order valence-electron chi connectivity index (χ1n) is 9.96. The summed E-state index contributed by atoms with van der Waals surface area (Å²) in [4.78, 5) is 17.6. The third-order valence-electron chi connectivity index (χ3n) is 6.61. The highest BCUT2D eigenvalue weighted by molar-refractivity contribution is 7.99. The molecule has 2 saturated heterocycles. The van der Waals surface area contributed by atoms with Crippen molar-refractivity contribution in [1.82, 2.24) is 9.80 Å². The molecule has 1 spiro atoms. The summed E-state index contributed by atoms with van der Waals surface area (Å²) in [6.45, 7) is 6.43. The second kappa shape index (κ2) is 7.32. The van der Waals surface area contributed by atoms with E-state index in [0.29, 0.717) is 0 Å². The van der Waals surface area contributed by atoms with Crippen molar-refractivity contribution in [2.24, 2.45) is 5.92 Å². The van der Waals surface area contributed by atoms with Crippen LogP contribution in [-0.2, 0) is 5.54 Å². The lowest BCUT2D eigenvalue weighted by molar-refractivity contribution is 0.0281. The summed E-state index contributed by atoms with van der Waals surface area (Å²) < 4.78 is 0. The normalized spacial score (nSPS) is 24.0. The quantitative estimate of drug-likeness (QED) is 0.813. The number of thioether (sulfide) groups is 1. The van der Waals surface area contributed by atoms with Crippen molar-refractivity contribution in [2.75, 3.05) is 37.7 Å². The average Bonchev–Trinajstić information content (AvgIpc) is 2.90. The van der Waals surface area contributed by atoms with Gasteiger partial charge in [0.05, 0.1) is 5.54 Å². The van der Waals surface area contributed by atoms with Crippen molar-refractivity contribution in [3.63, 3.8) is 0 Å². The van der Waals surface area contributed by atoms with Crippen LogP contribution in [0.1, 0.15) is 54.9 Å². The largest absolute Gasteiger partial charge is 0.329 e. The number of carbonyl (C=O) groups excluding carboxylic acids is 1. The number of piperidine rings is 1. The van der Waals surface area contributed by atoms with E-state index in [9.17, 15) is 4.79 Å². The number of nitrogens with zero attached hydrogens (tertiary/aromatic N) is 2. The second-order valence-electron chi connectivity index (χ2n) is 7.81. The van der Waals surface area contributed by atoms with Crippen LogP contribution >= 0.6 is 11.8 Å². The van der Waals surface area contributed by atoms with Crippen molar-refractivity contribution in [2.45, 2.75) is 44.6 Å². The summed E-state index contributed by atoms with van der Waals surface area (Å²) >= 11 is 2.12. The van der Waals surface area contributed by atoms with E-state index in [2.05, 4.69) is 40.6 Å². The Labute approximate surface area is 156 Å². The van der Waals surface area contributed by atoms with Crippen LogP contribution in [0.15, 0.2) is 24.3 Å². The van der Waals surface area contributed by atoms with Gasteiger partial charge in [0.2, 0.25) is 0 Å². The smallest absolute Gasteiger partial charge is 0.254 e. The minimum Gasteiger partial charge on any atom is -0.329 e. The highest BCUT2D eigenvalue weighted by atomic mass is 32.2. The van der Waals surface area contributed by atoms with E-state index in [4.69, 9.17) is 0 Å². The van der Waals surface area contributed by atoms with Gasteiger partial charge in [-0.25, -0.2) is 0 Å². The zero-order chi connectivity index (χ0) is 17.3. The van der Waals surface area contributed by atoms with Crippen molar-refractivity contribution < 1.29 is 4.79 Å². The van der Waals surface area contributed by atoms with Gasteiger partial charge >= 0.3 is 0 Å². The molecule has 25 heavy (non-hydrogen) atoms. The van der Waals surface area contributed by atoms with Gasteiger partial charge in [0.1, 0.15) is 0 Å². The first kappa shape index (κ1) is 17.4. The Morgan fingerprint density at radius 2 is 1.88 bits per heavy atom. The minimum atomic E-state index is -0.0413. The van der Waals surface area contributed by atoms with Gasteiger partial charge in [-0.15, -0.1) is 0 Å². The molecule has 3 aliphatic heterocycles. The van der Waals surface area contributed by atoms with E-state index in [1.807, 2.05) is 12.1 Å². The molecule has 136 valence electrons. The molecule has 1 aromatic rings. The Morgan fingerprint density at radius 1 is 1.16 bits per heavy atom. The molecule has 0 aromatic heterocycles. The fourth-order valence-electron chi connectivity index (χ4n) is 5.09. The monoisotopic (exact) mass is 358 g/mol. The van der Waals surface area contributed by atoms with Crippen LogP contribution in [0.2, 0.25) is 0 Å². The summed E-state index contributed by atoms with van der Waals surface area (Å²) in [5, 5.41) is 0. The first-order chi connectivity index (χ1) is 12.2.